The van der Waals surface area contributed by atoms with E-state index >= 15 is 0 Å². The summed E-state index contributed by atoms with van der Waals surface area (Å²) in [4.78, 5) is 25.5. The second kappa shape index (κ2) is 59.5. The molecular weight excluding hydrogens is 996 g/mol. The Morgan fingerprint density at radius 2 is 0.785 bits per heavy atom. The van der Waals surface area contributed by atoms with Gasteiger partial charge in [0, 0.05) is 6.42 Å². The van der Waals surface area contributed by atoms with Crippen LogP contribution in [0.1, 0.15) is 264 Å². The molecule has 0 aliphatic rings. The minimum Gasteiger partial charge on any atom is -0.756 e. The van der Waals surface area contributed by atoms with Crippen LogP contribution in [0.2, 0.25) is 0 Å². The van der Waals surface area contributed by atoms with Gasteiger partial charge < -0.3 is 28.8 Å². The van der Waals surface area contributed by atoms with E-state index in [1.165, 1.54) is 148 Å². The fourth-order valence-electron chi connectivity index (χ4n) is 8.87. The Balaban J connectivity index is 4.28. The number of likely N-dealkylation sites (N-methyl/N-ethyl adjacent to an activating group) is 1. The first kappa shape index (κ1) is 75.9. The van der Waals surface area contributed by atoms with Gasteiger partial charge in [-0.15, -0.1) is 0 Å². The molecule has 3 atom stereocenters. The fraction of sp³-hybridized carbons (Fsp3) is 0.700. The molecule has 0 aromatic rings. The van der Waals surface area contributed by atoms with Crippen molar-refractivity contribution in [3.05, 3.63) is 122 Å². The van der Waals surface area contributed by atoms with Gasteiger partial charge in [0.05, 0.1) is 39.9 Å². The van der Waals surface area contributed by atoms with Gasteiger partial charge >= 0.3 is 0 Å². The van der Waals surface area contributed by atoms with Gasteiger partial charge in [-0.05, 0) is 103 Å². The number of hydrogen-bond donors (Lipinski definition) is 2. The number of carbonyl (C=O) groups is 1. The van der Waals surface area contributed by atoms with Gasteiger partial charge in [-0.25, -0.2) is 0 Å². The molecule has 0 aliphatic heterocycles. The van der Waals surface area contributed by atoms with Crippen LogP contribution in [0.25, 0.3) is 0 Å². The van der Waals surface area contributed by atoms with Crippen LogP contribution in [0.15, 0.2) is 122 Å². The molecule has 454 valence electrons. The average molecular weight is 1120 g/mol. The summed E-state index contributed by atoms with van der Waals surface area (Å²) in [7, 11) is 1.20. The van der Waals surface area contributed by atoms with Gasteiger partial charge in [0.1, 0.15) is 13.2 Å². The molecule has 9 heteroatoms. The largest absolute Gasteiger partial charge is 0.756 e. The zero-order valence-corrected chi connectivity index (χ0v) is 52.7. The van der Waals surface area contributed by atoms with E-state index in [4.69, 9.17) is 9.05 Å². The molecule has 0 aliphatic carbocycles. The van der Waals surface area contributed by atoms with Crippen molar-refractivity contribution in [1.29, 1.82) is 0 Å². The Bertz CT molecular complexity index is 1700. The number of quaternary nitrogens is 1. The predicted octanol–water partition coefficient (Wildman–Crippen LogP) is 19.9. The van der Waals surface area contributed by atoms with Crippen LogP contribution in [0, 0.1) is 0 Å². The maximum atomic E-state index is 13.0. The summed E-state index contributed by atoms with van der Waals surface area (Å²) in [5.41, 5.74) is 0. The standard InChI is InChI=1S/C70H123N2O6P/c1-6-8-10-12-14-16-18-20-22-24-26-28-30-32-33-34-35-36-37-38-40-41-43-45-47-49-51-53-55-57-59-61-63-69(73)68(67-78-79(75,76)77-66-65-72(3,4)5)71-70(74)64-62-60-58-56-54-52-50-48-46-44-42-39-31-29-27-25-23-21-19-17-15-13-11-9-7-2/h9,11,15,17,21,23,27,29,39,42,45-48,52-55,61,63,68-69,73H,6-8,10,12-14,16,18-20,22,24-26,28,30-38,40-41,43-44,49-51,56-60,62,64-67H2,1-5H3,(H-,71,74,75,76)/b11-9-,17-15-,23-21-,29-27-,42-39-,47-45+,48-46-,54-52-,55-53+,63-61+. The number of aliphatic hydroxyl groups excluding tert-OH is 1. The minimum absolute atomic E-state index is 0.0229. The normalized spacial score (nSPS) is 14.6. The Morgan fingerprint density at radius 3 is 1.18 bits per heavy atom. The predicted molar refractivity (Wildman–Crippen MR) is 343 cm³/mol. The molecule has 0 heterocycles. The lowest BCUT2D eigenvalue weighted by Gasteiger charge is -2.29. The van der Waals surface area contributed by atoms with E-state index in [0.717, 1.165) is 83.5 Å². The summed E-state index contributed by atoms with van der Waals surface area (Å²) in [6.45, 7) is 4.49. The maximum absolute atomic E-state index is 13.0. The van der Waals surface area contributed by atoms with Crippen molar-refractivity contribution >= 4 is 13.7 Å². The molecule has 79 heavy (non-hydrogen) atoms. The molecule has 0 saturated heterocycles. The van der Waals surface area contributed by atoms with Crippen molar-refractivity contribution in [1.82, 2.24) is 5.32 Å². The number of nitrogens with zero attached hydrogens (tertiary/aromatic N) is 1. The first-order chi connectivity index (χ1) is 38.5. The van der Waals surface area contributed by atoms with Crippen LogP contribution >= 0.6 is 7.82 Å². The van der Waals surface area contributed by atoms with Crippen molar-refractivity contribution in [3.8, 4) is 0 Å². The van der Waals surface area contributed by atoms with Gasteiger partial charge in [0.15, 0.2) is 0 Å². The summed E-state index contributed by atoms with van der Waals surface area (Å²) in [6.07, 6.45) is 88.9. The molecule has 0 fully saturated rings. The number of nitrogens with one attached hydrogen (secondary N) is 1. The zero-order valence-electron chi connectivity index (χ0n) is 51.8. The first-order valence-corrected chi connectivity index (χ1v) is 33.9. The lowest BCUT2D eigenvalue weighted by molar-refractivity contribution is -0.870. The summed E-state index contributed by atoms with van der Waals surface area (Å²) >= 11 is 0. The van der Waals surface area contributed by atoms with E-state index in [0.29, 0.717) is 23.9 Å². The Morgan fingerprint density at radius 1 is 0.456 bits per heavy atom. The van der Waals surface area contributed by atoms with Crippen LogP contribution < -0.4 is 10.2 Å². The molecule has 2 N–H and O–H groups in total. The third-order valence-electron chi connectivity index (χ3n) is 13.9. The van der Waals surface area contributed by atoms with E-state index in [-0.39, 0.29) is 18.9 Å². The zero-order chi connectivity index (χ0) is 57.7. The summed E-state index contributed by atoms with van der Waals surface area (Å²) in [5, 5.41) is 13.9. The van der Waals surface area contributed by atoms with E-state index in [1.807, 2.05) is 27.2 Å². The third kappa shape index (κ3) is 62.4. The summed E-state index contributed by atoms with van der Waals surface area (Å²) < 4.78 is 23.4. The number of phosphoric ester groups is 1. The van der Waals surface area contributed by atoms with Crippen molar-refractivity contribution in [2.75, 3.05) is 40.9 Å². The average Bonchev–Trinajstić information content (AvgIpc) is 3.42. The van der Waals surface area contributed by atoms with E-state index in [2.05, 4.69) is 129 Å². The number of hydrogen-bond acceptors (Lipinski definition) is 6. The molecule has 0 aromatic carbocycles. The highest BCUT2D eigenvalue weighted by atomic mass is 31.2. The fourth-order valence-corrected chi connectivity index (χ4v) is 9.60. The van der Waals surface area contributed by atoms with Crippen LogP contribution in [-0.2, 0) is 18.4 Å². The Kier molecular flexibility index (Phi) is 57.2. The van der Waals surface area contributed by atoms with Gasteiger partial charge in [-0.3, -0.25) is 9.36 Å². The monoisotopic (exact) mass is 1120 g/mol. The van der Waals surface area contributed by atoms with Crippen molar-refractivity contribution < 1.29 is 32.9 Å². The molecule has 8 nitrogen and oxygen atoms in total. The van der Waals surface area contributed by atoms with Gasteiger partial charge in [-0.1, -0.05) is 277 Å². The van der Waals surface area contributed by atoms with Crippen molar-refractivity contribution in [2.45, 2.75) is 276 Å². The molecule has 0 radical (unpaired) electrons. The van der Waals surface area contributed by atoms with Gasteiger partial charge in [-0.2, -0.15) is 0 Å². The summed E-state index contributed by atoms with van der Waals surface area (Å²) in [6, 6.07) is -0.939. The molecule has 3 unspecified atom stereocenters. The molecule has 0 aromatic heterocycles. The molecular formula is C70H123N2O6P. The van der Waals surface area contributed by atoms with E-state index in [1.54, 1.807) is 6.08 Å². The smallest absolute Gasteiger partial charge is 0.268 e. The highest BCUT2D eigenvalue weighted by Crippen LogP contribution is 2.38. The van der Waals surface area contributed by atoms with Crippen molar-refractivity contribution in [2.24, 2.45) is 0 Å². The van der Waals surface area contributed by atoms with Crippen LogP contribution in [0.5, 0.6) is 0 Å². The van der Waals surface area contributed by atoms with Gasteiger partial charge in [0.2, 0.25) is 5.91 Å². The third-order valence-corrected chi connectivity index (χ3v) is 14.8. The number of allylic oxidation sites excluding steroid dienone is 19. The molecule has 0 spiro atoms. The molecule has 0 rings (SSSR count). The first-order valence-electron chi connectivity index (χ1n) is 32.4. The number of unbranched alkanes of at least 4 members (excludes halogenated alkanes) is 27. The Hall–Kier alpha value is -3.10. The number of phosphoric acid groups is 1. The van der Waals surface area contributed by atoms with Crippen molar-refractivity contribution in [3.63, 3.8) is 0 Å². The lowest BCUT2D eigenvalue weighted by atomic mass is 10.0. The van der Waals surface area contributed by atoms with Crippen LogP contribution in [0.3, 0.4) is 0 Å². The minimum atomic E-state index is -4.63. The second-order valence-electron chi connectivity index (χ2n) is 22.7. The highest BCUT2D eigenvalue weighted by Gasteiger charge is 2.23. The molecule has 1 amide bonds. The number of rotatable bonds is 58. The summed E-state index contributed by atoms with van der Waals surface area (Å²) in [5.74, 6) is -0.246. The lowest BCUT2D eigenvalue weighted by Crippen LogP contribution is -2.45. The number of carbonyl (C=O) groups excluding carboxylic acids is 1. The van der Waals surface area contributed by atoms with Crippen LogP contribution in [0.4, 0.5) is 0 Å². The number of aliphatic hydroxyl groups is 1. The number of amides is 1. The van der Waals surface area contributed by atoms with E-state index < -0.39 is 26.6 Å². The Labute approximate surface area is 488 Å². The van der Waals surface area contributed by atoms with E-state index in [9.17, 15) is 19.4 Å². The molecule has 0 bridgehead atoms. The van der Waals surface area contributed by atoms with Gasteiger partial charge in [0.25, 0.3) is 7.82 Å². The second-order valence-corrected chi connectivity index (χ2v) is 24.1. The SMILES string of the molecule is CC/C=C\C/C=C\C/C=C\C/C=C\C/C=C\C/C=C\C/C=C\CCCCCC(=O)NC(COP(=O)([O-])OCC[N+](C)(C)C)C(O)/C=C/CC/C=C/CC/C=C/CCCCCCCCCCCCCCCCCCCCCCCC. The maximum Gasteiger partial charge on any atom is 0.268 e. The highest BCUT2D eigenvalue weighted by molar-refractivity contribution is 7.45. The topological polar surface area (TPSA) is 108 Å². The quantitative estimate of drug-likeness (QED) is 0.0272. The molecule has 0 saturated carbocycles. The van der Waals surface area contributed by atoms with Crippen LogP contribution in [-0.4, -0.2) is 68.5 Å².